The van der Waals surface area contributed by atoms with E-state index in [1.807, 2.05) is 0 Å². The second-order valence-electron chi connectivity index (χ2n) is 6.45. The SMILES string of the molecule is Cc1cc(C)c(C)c(C(O)C2C3CCCC32)c1C. The van der Waals surface area contributed by atoms with Gasteiger partial charge in [-0.25, -0.2) is 0 Å². The zero-order valence-corrected chi connectivity index (χ0v) is 12.0. The van der Waals surface area contributed by atoms with E-state index in [0.717, 1.165) is 11.8 Å². The summed E-state index contributed by atoms with van der Waals surface area (Å²) in [5.74, 6) is 2.19. The second kappa shape index (κ2) is 4.09. The highest BCUT2D eigenvalue weighted by molar-refractivity contribution is 5.46. The van der Waals surface area contributed by atoms with Crippen molar-refractivity contribution in [1.29, 1.82) is 0 Å². The molecule has 1 aromatic carbocycles. The van der Waals surface area contributed by atoms with Gasteiger partial charge in [0, 0.05) is 0 Å². The Morgan fingerprint density at radius 2 is 1.50 bits per heavy atom. The van der Waals surface area contributed by atoms with E-state index in [1.165, 1.54) is 47.1 Å². The van der Waals surface area contributed by atoms with E-state index in [9.17, 15) is 5.11 Å². The zero-order chi connectivity index (χ0) is 13.0. The van der Waals surface area contributed by atoms with Gasteiger partial charge in [0.15, 0.2) is 0 Å². The lowest BCUT2D eigenvalue weighted by molar-refractivity contribution is 0.135. The lowest BCUT2D eigenvalue weighted by Crippen LogP contribution is -2.10. The molecule has 0 radical (unpaired) electrons. The molecular weight excluding hydrogens is 220 g/mol. The summed E-state index contributed by atoms with van der Waals surface area (Å²) in [4.78, 5) is 0. The predicted octanol–water partition coefficient (Wildman–Crippen LogP) is 4.00. The molecule has 3 atom stereocenters. The number of aliphatic hydroxyl groups is 1. The first-order valence-corrected chi connectivity index (χ1v) is 7.27. The summed E-state index contributed by atoms with van der Waals surface area (Å²) in [7, 11) is 0. The van der Waals surface area contributed by atoms with Gasteiger partial charge in [0.2, 0.25) is 0 Å². The first kappa shape index (κ1) is 12.2. The van der Waals surface area contributed by atoms with Crippen LogP contribution in [-0.2, 0) is 0 Å². The maximum Gasteiger partial charge on any atom is 0.0829 e. The van der Waals surface area contributed by atoms with E-state index < -0.39 is 0 Å². The molecule has 2 aliphatic rings. The van der Waals surface area contributed by atoms with Crippen molar-refractivity contribution in [3.63, 3.8) is 0 Å². The molecule has 2 fully saturated rings. The number of hydrogen-bond donors (Lipinski definition) is 1. The van der Waals surface area contributed by atoms with Crippen molar-refractivity contribution in [2.45, 2.75) is 53.1 Å². The molecule has 3 rings (SSSR count). The van der Waals surface area contributed by atoms with E-state index in [-0.39, 0.29) is 6.10 Å². The number of rotatable bonds is 2. The van der Waals surface area contributed by atoms with Crippen LogP contribution in [0.5, 0.6) is 0 Å². The predicted molar refractivity (Wildman–Crippen MR) is 74.7 cm³/mol. The largest absolute Gasteiger partial charge is 0.388 e. The normalized spacial score (nSPS) is 31.3. The Morgan fingerprint density at radius 3 is 2.00 bits per heavy atom. The van der Waals surface area contributed by atoms with Crippen LogP contribution in [0.1, 0.15) is 53.2 Å². The standard InChI is InChI=1S/C17H24O/c1-9-8-10(2)12(4)15(11(9)3)17(18)16-13-6-5-7-14(13)16/h8,13-14,16-18H,5-7H2,1-4H3. The highest BCUT2D eigenvalue weighted by Crippen LogP contribution is 2.62. The molecule has 0 bridgehead atoms. The average molecular weight is 244 g/mol. The van der Waals surface area contributed by atoms with Gasteiger partial charge >= 0.3 is 0 Å². The van der Waals surface area contributed by atoms with Crippen molar-refractivity contribution in [3.05, 3.63) is 33.9 Å². The van der Waals surface area contributed by atoms with Crippen LogP contribution in [0.2, 0.25) is 0 Å². The second-order valence-corrected chi connectivity index (χ2v) is 6.45. The highest BCUT2D eigenvalue weighted by Gasteiger charge is 2.56. The Bertz CT molecular complexity index is 453. The summed E-state index contributed by atoms with van der Waals surface area (Å²) < 4.78 is 0. The monoisotopic (exact) mass is 244 g/mol. The van der Waals surface area contributed by atoms with Gasteiger partial charge in [-0.15, -0.1) is 0 Å². The molecule has 0 aromatic heterocycles. The summed E-state index contributed by atoms with van der Waals surface area (Å²) in [5.41, 5.74) is 6.47. The van der Waals surface area contributed by atoms with Crippen LogP contribution in [0.4, 0.5) is 0 Å². The molecule has 0 amide bonds. The van der Waals surface area contributed by atoms with Crippen LogP contribution in [0, 0.1) is 45.4 Å². The van der Waals surface area contributed by atoms with Crippen molar-refractivity contribution >= 4 is 0 Å². The van der Waals surface area contributed by atoms with Crippen LogP contribution in [-0.4, -0.2) is 5.11 Å². The molecule has 3 unspecified atom stereocenters. The number of fused-ring (bicyclic) bond motifs is 1. The number of benzene rings is 1. The van der Waals surface area contributed by atoms with Crippen LogP contribution < -0.4 is 0 Å². The lowest BCUT2D eigenvalue weighted by Gasteiger charge is -2.21. The van der Waals surface area contributed by atoms with Gasteiger partial charge in [0.05, 0.1) is 6.10 Å². The molecule has 1 nitrogen and oxygen atoms in total. The van der Waals surface area contributed by atoms with E-state index in [1.54, 1.807) is 0 Å². The average Bonchev–Trinajstić information content (AvgIpc) is 2.80. The maximum atomic E-state index is 10.8. The molecule has 1 heteroatoms. The number of aryl methyl sites for hydroxylation is 2. The smallest absolute Gasteiger partial charge is 0.0829 e. The van der Waals surface area contributed by atoms with Crippen LogP contribution in [0.3, 0.4) is 0 Å². The van der Waals surface area contributed by atoms with Gasteiger partial charge in [-0.3, -0.25) is 0 Å². The first-order chi connectivity index (χ1) is 8.52. The third-order valence-electron chi connectivity index (χ3n) is 5.56. The maximum absolute atomic E-state index is 10.8. The Kier molecular flexibility index (Phi) is 2.78. The van der Waals surface area contributed by atoms with Crippen LogP contribution in [0.15, 0.2) is 6.07 Å². The summed E-state index contributed by atoms with van der Waals surface area (Å²) in [5, 5.41) is 10.8. The van der Waals surface area contributed by atoms with Crippen LogP contribution in [0.25, 0.3) is 0 Å². The van der Waals surface area contributed by atoms with Gasteiger partial charge in [-0.05, 0) is 86.1 Å². The number of aliphatic hydroxyl groups excluding tert-OH is 1. The van der Waals surface area contributed by atoms with Crippen molar-refractivity contribution in [3.8, 4) is 0 Å². The molecule has 0 saturated heterocycles. The van der Waals surface area contributed by atoms with E-state index in [2.05, 4.69) is 33.8 Å². The van der Waals surface area contributed by atoms with Gasteiger partial charge < -0.3 is 5.11 Å². The molecular formula is C17H24O. The Balaban J connectivity index is 1.97. The van der Waals surface area contributed by atoms with Crippen molar-refractivity contribution < 1.29 is 5.11 Å². The highest BCUT2D eigenvalue weighted by atomic mass is 16.3. The first-order valence-electron chi connectivity index (χ1n) is 7.27. The van der Waals surface area contributed by atoms with Crippen LogP contribution >= 0.6 is 0 Å². The quantitative estimate of drug-likeness (QED) is 0.833. The summed E-state index contributed by atoms with van der Waals surface area (Å²) in [6, 6.07) is 2.24. The Morgan fingerprint density at radius 1 is 1.00 bits per heavy atom. The molecule has 98 valence electrons. The van der Waals surface area contributed by atoms with Crippen molar-refractivity contribution in [2.75, 3.05) is 0 Å². The molecule has 2 saturated carbocycles. The van der Waals surface area contributed by atoms with E-state index in [0.29, 0.717) is 5.92 Å². The molecule has 1 aromatic rings. The molecule has 0 heterocycles. The van der Waals surface area contributed by atoms with E-state index in [4.69, 9.17) is 0 Å². The third kappa shape index (κ3) is 1.64. The van der Waals surface area contributed by atoms with Crippen molar-refractivity contribution in [2.24, 2.45) is 17.8 Å². The Labute approximate surface area is 110 Å². The number of hydrogen-bond acceptors (Lipinski definition) is 1. The van der Waals surface area contributed by atoms with Crippen molar-refractivity contribution in [1.82, 2.24) is 0 Å². The molecule has 1 N–H and O–H groups in total. The minimum absolute atomic E-state index is 0.223. The van der Waals surface area contributed by atoms with Gasteiger partial charge in [0.1, 0.15) is 0 Å². The van der Waals surface area contributed by atoms with E-state index >= 15 is 0 Å². The minimum Gasteiger partial charge on any atom is -0.388 e. The topological polar surface area (TPSA) is 20.2 Å². The molecule has 2 aliphatic carbocycles. The fourth-order valence-corrected chi connectivity index (χ4v) is 4.23. The fraction of sp³-hybridized carbons (Fsp3) is 0.647. The summed E-state index contributed by atoms with van der Waals surface area (Å²) in [6.45, 7) is 8.65. The summed E-state index contributed by atoms with van der Waals surface area (Å²) in [6.07, 6.45) is 3.84. The molecule has 0 spiro atoms. The van der Waals surface area contributed by atoms with Gasteiger partial charge in [0.25, 0.3) is 0 Å². The summed E-state index contributed by atoms with van der Waals surface area (Å²) >= 11 is 0. The molecule has 18 heavy (non-hydrogen) atoms. The third-order valence-corrected chi connectivity index (χ3v) is 5.56. The fourth-order valence-electron chi connectivity index (χ4n) is 4.23. The minimum atomic E-state index is -0.223. The molecule has 0 aliphatic heterocycles. The van der Waals surface area contributed by atoms with Gasteiger partial charge in [-0.2, -0.15) is 0 Å². The Hall–Kier alpha value is -0.820. The van der Waals surface area contributed by atoms with Gasteiger partial charge in [-0.1, -0.05) is 12.5 Å². The lowest BCUT2D eigenvalue weighted by atomic mass is 9.88. The zero-order valence-electron chi connectivity index (χ0n) is 12.0.